The van der Waals surface area contributed by atoms with E-state index in [0.29, 0.717) is 18.9 Å². The van der Waals surface area contributed by atoms with Crippen LogP contribution in [0.5, 0.6) is 0 Å². The van der Waals surface area contributed by atoms with Crippen molar-refractivity contribution in [3.05, 3.63) is 0 Å². The highest BCUT2D eigenvalue weighted by Crippen LogP contribution is 2.31. The molecule has 1 unspecified atom stereocenters. The molecule has 0 aliphatic carbocycles. The second kappa shape index (κ2) is 6.89. The zero-order chi connectivity index (χ0) is 12.8. The quantitative estimate of drug-likeness (QED) is 0.651. The highest BCUT2D eigenvalue weighted by atomic mass is 16.5. The van der Waals surface area contributed by atoms with Crippen LogP contribution < -0.4 is 0 Å². The number of hydrogen-bond acceptors (Lipinski definition) is 2. The van der Waals surface area contributed by atoms with Crippen LogP contribution in [0.4, 0.5) is 0 Å². The molecule has 0 spiro atoms. The maximum Gasteiger partial charge on any atom is 0.309 e. The molecule has 0 aliphatic heterocycles. The number of aliphatic carboxylic acids is 1. The molecule has 16 heavy (non-hydrogen) atoms. The number of rotatable bonds is 8. The Balaban J connectivity index is 3.92. The Morgan fingerprint density at radius 1 is 1.25 bits per heavy atom. The summed E-state index contributed by atoms with van der Waals surface area (Å²) in [5.41, 5.74) is -0.669. The fourth-order valence-electron chi connectivity index (χ4n) is 1.35. The molecule has 1 atom stereocenters. The van der Waals surface area contributed by atoms with Crippen molar-refractivity contribution < 1.29 is 14.6 Å². The lowest BCUT2D eigenvalue weighted by atomic mass is 9.77. The molecule has 0 aromatic carbocycles. The van der Waals surface area contributed by atoms with Crippen LogP contribution in [-0.2, 0) is 9.53 Å². The van der Waals surface area contributed by atoms with E-state index in [0.717, 1.165) is 13.0 Å². The number of carboxylic acid groups (broad SMARTS) is 1. The van der Waals surface area contributed by atoms with Crippen molar-refractivity contribution in [3.63, 3.8) is 0 Å². The predicted octanol–water partition coefficient (Wildman–Crippen LogP) is 3.19. The van der Waals surface area contributed by atoms with E-state index in [1.807, 2.05) is 13.8 Å². The van der Waals surface area contributed by atoms with Crippen molar-refractivity contribution >= 4 is 5.97 Å². The van der Waals surface area contributed by atoms with Crippen LogP contribution in [0.1, 0.15) is 47.5 Å². The summed E-state index contributed by atoms with van der Waals surface area (Å²) in [5.74, 6) is 0.0321. The van der Waals surface area contributed by atoms with Crippen LogP contribution in [0.15, 0.2) is 0 Å². The summed E-state index contributed by atoms with van der Waals surface area (Å²) in [4.78, 5) is 11.2. The molecule has 3 heteroatoms. The molecule has 0 amide bonds. The van der Waals surface area contributed by atoms with Crippen molar-refractivity contribution in [2.24, 2.45) is 17.3 Å². The third-order valence-corrected chi connectivity index (χ3v) is 3.37. The maximum absolute atomic E-state index is 11.2. The Labute approximate surface area is 99.2 Å². The summed E-state index contributed by atoms with van der Waals surface area (Å²) in [5, 5.41) is 9.19. The third kappa shape index (κ3) is 4.97. The van der Waals surface area contributed by atoms with E-state index in [4.69, 9.17) is 4.74 Å². The van der Waals surface area contributed by atoms with Gasteiger partial charge in [-0.25, -0.2) is 0 Å². The van der Waals surface area contributed by atoms with Crippen molar-refractivity contribution in [2.75, 3.05) is 13.2 Å². The third-order valence-electron chi connectivity index (χ3n) is 3.37. The molecular weight excluding hydrogens is 204 g/mol. The van der Waals surface area contributed by atoms with E-state index < -0.39 is 11.4 Å². The number of carboxylic acids is 1. The molecule has 0 aliphatic rings. The summed E-state index contributed by atoms with van der Waals surface area (Å²) in [6.45, 7) is 11.3. The minimum absolute atomic E-state index is 0.124. The molecule has 3 nitrogen and oxygen atoms in total. The summed E-state index contributed by atoms with van der Waals surface area (Å²) in [6.07, 6.45) is 1.61. The molecular formula is C13H26O3. The molecule has 0 radical (unpaired) electrons. The van der Waals surface area contributed by atoms with Gasteiger partial charge in [-0.15, -0.1) is 0 Å². The van der Waals surface area contributed by atoms with E-state index in [9.17, 15) is 9.90 Å². The van der Waals surface area contributed by atoms with Crippen LogP contribution >= 0.6 is 0 Å². The number of ether oxygens (including phenoxy) is 1. The van der Waals surface area contributed by atoms with Gasteiger partial charge in [0.05, 0.1) is 5.41 Å². The summed E-state index contributed by atoms with van der Waals surface area (Å²) in [7, 11) is 0. The first-order valence-corrected chi connectivity index (χ1v) is 6.11. The van der Waals surface area contributed by atoms with E-state index >= 15 is 0 Å². The highest BCUT2D eigenvalue weighted by Gasteiger charge is 2.36. The van der Waals surface area contributed by atoms with Gasteiger partial charge >= 0.3 is 5.97 Å². The van der Waals surface area contributed by atoms with Gasteiger partial charge in [0.2, 0.25) is 0 Å². The van der Waals surface area contributed by atoms with Crippen LogP contribution in [0.25, 0.3) is 0 Å². The highest BCUT2D eigenvalue weighted by molar-refractivity contribution is 5.74. The van der Waals surface area contributed by atoms with Crippen molar-refractivity contribution in [3.8, 4) is 0 Å². The molecule has 0 bridgehead atoms. The van der Waals surface area contributed by atoms with E-state index in [1.165, 1.54) is 0 Å². The second-order valence-electron chi connectivity index (χ2n) is 5.42. The second-order valence-corrected chi connectivity index (χ2v) is 5.42. The molecule has 0 saturated heterocycles. The fraction of sp³-hybridized carbons (Fsp3) is 0.923. The molecule has 0 fully saturated rings. The smallest absolute Gasteiger partial charge is 0.309 e. The van der Waals surface area contributed by atoms with Gasteiger partial charge in [0.1, 0.15) is 0 Å². The Bertz CT molecular complexity index is 211. The SMILES string of the molecule is CC(C)CCOCCC(C)(C(=O)O)C(C)C. The molecule has 0 saturated carbocycles. The van der Waals surface area contributed by atoms with Gasteiger partial charge in [0, 0.05) is 13.2 Å². The van der Waals surface area contributed by atoms with Crippen molar-refractivity contribution in [1.82, 2.24) is 0 Å². The van der Waals surface area contributed by atoms with Gasteiger partial charge < -0.3 is 9.84 Å². The molecule has 0 aromatic rings. The zero-order valence-electron chi connectivity index (χ0n) is 11.2. The van der Waals surface area contributed by atoms with Gasteiger partial charge in [0.15, 0.2) is 0 Å². The average Bonchev–Trinajstić information content (AvgIpc) is 2.15. The molecule has 1 N–H and O–H groups in total. The van der Waals surface area contributed by atoms with Gasteiger partial charge in [-0.1, -0.05) is 27.7 Å². The standard InChI is InChI=1S/C13H26O3/c1-10(2)6-8-16-9-7-13(5,11(3)4)12(14)15/h10-11H,6-9H2,1-5H3,(H,14,15). The van der Waals surface area contributed by atoms with Gasteiger partial charge in [0.25, 0.3) is 0 Å². The zero-order valence-corrected chi connectivity index (χ0v) is 11.2. The summed E-state index contributed by atoms with van der Waals surface area (Å²) >= 11 is 0. The summed E-state index contributed by atoms with van der Waals surface area (Å²) in [6, 6.07) is 0. The largest absolute Gasteiger partial charge is 0.481 e. The van der Waals surface area contributed by atoms with E-state index in [1.54, 1.807) is 6.92 Å². The number of carbonyl (C=O) groups is 1. The van der Waals surface area contributed by atoms with Crippen molar-refractivity contribution in [2.45, 2.75) is 47.5 Å². The fourth-order valence-corrected chi connectivity index (χ4v) is 1.35. The van der Waals surface area contributed by atoms with Gasteiger partial charge in [-0.05, 0) is 31.6 Å². The van der Waals surface area contributed by atoms with Gasteiger partial charge in [-0.3, -0.25) is 4.79 Å². The first-order chi connectivity index (χ1) is 7.30. The molecule has 0 rings (SSSR count). The normalized spacial score (nSPS) is 15.4. The van der Waals surface area contributed by atoms with Crippen LogP contribution in [-0.4, -0.2) is 24.3 Å². The molecule has 96 valence electrons. The lowest BCUT2D eigenvalue weighted by Crippen LogP contribution is -2.34. The first-order valence-electron chi connectivity index (χ1n) is 6.11. The Kier molecular flexibility index (Phi) is 6.65. The topological polar surface area (TPSA) is 46.5 Å². The van der Waals surface area contributed by atoms with E-state index in [-0.39, 0.29) is 5.92 Å². The molecule has 0 heterocycles. The average molecular weight is 230 g/mol. The monoisotopic (exact) mass is 230 g/mol. The first kappa shape index (κ1) is 15.4. The maximum atomic E-state index is 11.2. The van der Waals surface area contributed by atoms with Crippen LogP contribution in [0, 0.1) is 17.3 Å². The lowest BCUT2D eigenvalue weighted by molar-refractivity contribution is -0.152. The predicted molar refractivity (Wildman–Crippen MR) is 65.5 cm³/mol. The van der Waals surface area contributed by atoms with Crippen LogP contribution in [0.3, 0.4) is 0 Å². The minimum atomic E-state index is -0.727. The Morgan fingerprint density at radius 2 is 1.81 bits per heavy atom. The van der Waals surface area contributed by atoms with Gasteiger partial charge in [-0.2, -0.15) is 0 Å². The van der Waals surface area contributed by atoms with Crippen LogP contribution in [0.2, 0.25) is 0 Å². The number of hydrogen-bond donors (Lipinski definition) is 1. The lowest BCUT2D eigenvalue weighted by Gasteiger charge is -2.28. The Morgan fingerprint density at radius 3 is 2.19 bits per heavy atom. The summed E-state index contributed by atoms with van der Waals surface area (Å²) < 4.78 is 5.48. The molecule has 0 aromatic heterocycles. The van der Waals surface area contributed by atoms with E-state index in [2.05, 4.69) is 13.8 Å². The minimum Gasteiger partial charge on any atom is -0.481 e. The van der Waals surface area contributed by atoms with Crippen molar-refractivity contribution in [1.29, 1.82) is 0 Å². The Hall–Kier alpha value is -0.570.